The number of aryl methyl sites for hydroxylation is 2. The summed E-state index contributed by atoms with van der Waals surface area (Å²) in [5.41, 5.74) is 3.87. The molecule has 6 nitrogen and oxygen atoms in total. The third-order valence-corrected chi connectivity index (χ3v) is 7.00. The zero-order valence-corrected chi connectivity index (χ0v) is 21.9. The number of amides is 1. The molecule has 3 aromatic rings. The van der Waals surface area contributed by atoms with Gasteiger partial charge >= 0.3 is 6.55 Å². The zero-order valence-electron chi connectivity index (χ0n) is 21.9. The minimum atomic E-state index is -2.78. The van der Waals surface area contributed by atoms with Gasteiger partial charge in [-0.25, -0.2) is 4.68 Å². The van der Waals surface area contributed by atoms with Gasteiger partial charge in [0, 0.05) is 24.3 Å². The van der Waals surface area contributed by atoms with Crippen LogP contribution in [-0.4, -0.2) is 58.8 Å². The molecule has 0 bridgehead atoms. The summed E-state index contributed by atoms with van der Waals surface area (Å²) < 4.78 is 33.3. The number of aromatic nitrogens is 2. The second kappa shape index (κ2) is 12.3. The van der Waals surface area contributed by atoms with Crippen LogP contribution in [0.5, 0.6) is 5.75 Å². The first-order chi connectivity index (χ1) is 17.8. The molecule has 0 fully saturated rings. The smallest absolute Gasteiger partial charge is 0.333 e. The number of nitrogens with zero attached hydrogens (tertiary/aromatic N) is 4. The summed E-state index contributed by atoms with van der Waals surface area (Å²) in [4.78, 5) is 17.4. The molecule has 0 aliphatic carbocycles. The lowest BCUT2D eigenvalue weighted by Crippen LogP contribution is -2.36. The standard InChI is InChI=1S/C29H36F2N4O2/c1-21-11-12-27-25(18-21)20-33(3)15-13-24(23-8-5-4-6-9-23)10-7-14-34(16-17-37-27)28(36)26-19-22(2)35(32-26)29(30)31/h4-6,8-9,11-12,18-19,24,29H,7,10,13-17,20H2,1-3H3. The second-order valence-corrected chi connectivity index (χ2v) is 9.92. The molecule has 4 rings (SSSR count). The first kappa shape index (κ1) is 26.8. The van der Waals surface area contributed by atoms with E-state index in [2.05, 4.69) is 54.3 Å². The minimum Gasteiger partial charge on any atom is -0.491 e. The summed E-state index contributed by atoms with van der Waals surface area (Å²) in [5.74, 6) is 0.815. The van der Waals surface area contributed by atoms with E-state index < -0.39 is 6.55 Å². The highest BCUT2D eigenvalue weighted by molar-refractivity contribution is 5.92. The van der Waals surface area contributed by atoms with Gasteiger partial charge in [0.1, 0.15) is 12.4 Å². The molecule has 1 aromatic heterocycles. The highest BCUT2D eigenvalue weighted by Gasteiger charge is 2.23. The Bertz CT molecular complexity index is 1180. The molecule has 1 aliphatic heterocycles. The van der Waals surface area contributed by atoms with E-state index in [0.29, 0.717) is 30.3 Å². The van der Waals surface area contributed by atoms with E-state index in [1.807, 2.05) is 18.2 Å². The van der Waals surface area contributed by atoms with Crippen molar-refractivity contribution in [1.82, 2.24) is 19.6 Å². The number of benzene rings is 2. The van der Waals surface area contributed by atoms with Crippen LogP contribution in [0.1, 0.15) is 64.6 Å². The Balaban J connectivity index is 1.59. The van der Waals surface area contributed by atoms with Crippen molar-refractivity contribution in [3.63, 3.8) is 0 Å². The Hall–Kier alpha value is -3.26. The third kappa shape index (κ3) is 6.95. The van der Waals surface area contributed by atoms with Crippen molar-refractivity contribution in [2.45, 2.75) is 52.1 Å². The largest absolute Gasteiger partial charge is 0.491 e. The van der Waals surface area contributed by atoms with E-state index in [1.165, 1.54) is 24.1 Å². The molecule has 0 saturated heterocycles. The molecule has 0 N–H and O–H groups in total. The lowest BCUT2D eigenvalue weighted by molar-refractivity contribution is 0.0529. The van der Waals surface area contributed by atoms with Gasteiger partial charge in [-0.1, -0.05) is 48.0 Å². The van der Waals surface area contributed by atoms with E-state index in [4.69, 9.17) is 4.74 Å². The van der Waals surface area contributed by atoms with Crippen molar-refractivity contribution in [2.75, 3.05) is 33.3 Å². The van der Waals surface area contributed by atoms with Crippen LogP contribution in [0, 0.1) is 13.8 Å². The van der Waals surface area contributed by atoms with Crippen molar-refractivity contribution in [3.8, 4) is 5.75 Å². The molecule has 1 aliphatic rings. The molecule has 0 saturated carbocycles. The molecule has 0 spiro atoms. The predicted octanol–water partition coefficient (Wildman–Crippen LogP) is 5.82. The fourth-order valence-corrected chi connectivity index (χ4v) is 4.98. The summed E-state index contributed by atoms with van der Waals surface area (Å²) >= 11 is 0. The molecule has 8 heteroatoms. The third-order valence-electron chi connectivity index (χ3n) is 7.00. The Morgan fingerprint density at radius 1 is 1.03 bits per heavy atom. The van der Waals surface area contributed by atoms with Crippen LogP contribution in [0.2, 0.25) is 0 Å². The van der Waals surface area contributed by atoms with Gasteiger partial charge in [0.2, 0.25) is 0 Å². The van der Waals surface area contributed by atoms with Gasteiger partial charge in [-0.3, -0.25) is 4.79 Å². The number of alkyl halides is 2. The molecular formula is C29H36F2N4O2. The summed E-state index contributed by atoms with van der Waals surface area (Å²) in [6, 6.07) is 18.1. The number of halogens is 2. The maximum absolute atomic E-state index is 13.4. The highest BCUT2D eigenvalue weighted by Crippen LogP contribution is 2.27. The number of hydrogen-bond donors (Lipinski definition) is 0. The average Bonchev–Trinajstić information content (AvgIpc) is 3.27. The normalized spacial score (nSPS) is 18.2. The van der Waals surface area contributed by atoms with E-state index in [1.54, 1.807) is 4.90 Å². The van der Waals surface area contributed by atoms with Gasteiger partial charge in [-0.15, -0.1) is 0 Å². The van der Waals surface area contributed by atoms with Crippen molar-refractivity contribution in [2.24, 2.45) is 0 Å². The Labute approximate surface area is 217 Å². The molecule has 2 aromatic carbocycles. The van der Waals surface area contributed by atoms with Crippen molar-refractivity contribution >= 4 is 5.91 Å². The van der Waals surface area contributed by atoms with Crippen LogP contribution in [-0.2, 0) is 6.54 Å². The fourth-order valence-electron chi connectivity index (χ4n) is 4.98. The quantitative estimate of drug-likeness (QED) is 0.446. The van der Waals surface area contributed by atoms with Crippen LogP contribution in [0.4, 0.5) is 8.78 Å². The summed E-state index contributed by atoms with van der Waals surface area (Å²) in [6.45, 7) is 3.67. The second-order valence-electron chi connectivity index (χ2n) is 9.92. The summed E-state index contributed by atoms with van der Waals surface area (Å²) in [6.07, 6.45) is 2.70. The number of fused-ring (bicyclic) bond motifs is 1. The highest BCUT2D eigenvalue weighted by atomic mass is 19.3. The minimum absolute atomic E-state index is 0.0381. The van der Waals surface area contributed by atoms with E-state index >= 15 is 0 Å². The Morgan fingerprint density at radius 2 is 1.81 bits per heavy atom. The average molecular weight is 511 g/mol. The van der Waals surface area contributed by atoms with Gasteiger partial charge in [0.25, 0.3) is 5.91 Å². The predicted molar refractivity (Wildman–Crippen MR) is 140 cm³/mol. The molecule has 2 heterocycles. The van der Waals surface area contributed by atoms with Gasteiger partial charge in [-0.2, -0.15) is 13.9 Å². The van der Waals surface area contributed by atoms with E-state index in [9.17, 15) is 13.6 Å². The number of carbonyl (C=O) groups is 1. The molecule has 198 valence electrons. The maximum Gasteiger partial charge on any atom is 0.333 e. The monoisotopic (exact) mass is 510 g/mol. The van der Waals surface area contributed by atoms with Crippen molar-refractivity contribution in [1.29, 1.82) is 0 Å². The van der Waals surface area contributed by atoms with Gasteiger partial charge in [0.15, 0.2) is 5.69 Å². The summed E-state index contributed by atoms with van der Waals surface area (Å²) in [5, 5.41) is 3.89. The number of rotatable bonds is 3. The lowest BCUT2D eigenvalue weighted by Gasteiger charge is -2.27. The molecular weight excluding hydrogens is 474 g/mol. The first-order valence-corrected chi connectivity index (χ1v) is 12.9. The SMILES string of the molecule is Cc1ccc2c(c1)CN(C)CCC(c1ccccc1)CCCN(C(=O)c1cc(C)n(C(F)F)n1)CCO2. The number of carbonyl (C=O) groups excluding carboxylic acids is 1. The van der Waals surface area contributed by atoms with Crippen LogP contribution >= 0.6 is 0 Å². The topological polar surface area (TPSA) is 50.6 Å². The van der Waals surface area contributed by atoms with Crippen molar-refractivity contribution in [3.05, 3.63) is 82.7 Å². The molecule has 1 unspecified atom stereocenters. The van der Waals surface area contributed by atoms with Gasteiger partial charge in [-0.05, 0) is 70.3 Å². The van der Waals surface area contributed by atoms with E-state index in [-0.39, 0.29) is 17.3 Å². The molecule has 0 radical (unpaired) electrons. The maximum atomic E-state index is 13.4. The lowest BCUT2D eigenvalue weighted by atomic mass is 9.91. The Kier molecular flexibility index (Phi) is 8.92. The van der Waals surface area contributed by atoms with Gasteiger partial charge in [0.05, 0.1) is 6.54 Å². The van der Waals surface area contributed by atoms with Crippen molar-refractivity contribution < 1.29 is 18.3 Å². The number of ether oxygens (including phenoxy) is 1. The van der Waals surface area contributed by atoms with E-state index in [0.717, 1.165) is 43.7 Å². The fraction of sp³-hybridized carbons (Fsp3) is 0.448. The van der Waals surface area contributed by atoms with Gasteiger partial charge < -0.3 is 14.5 Å². The molecule has 1 atom stereocenters. The van der Waals surface area contributed by atoms with Crippen LogP contribution < -0.4 is 4.74 Å². The molecule has 1 amide bonds. The first-order valence-electron chi connectivity index (χ1n) is 12.9. The Morgan fingerprint density at radius 3 is 2.54 bits per heavy atom. The molecule has 37 heavy (non-hydrogen) atoms. The van der Waals surface area contributed by atoms with Crippen LogP contribution in [0.15, 0.2) is 54.6 Å². The number of hydrogen-bond acceptors (Lipinski definition) is 4. The van der Waals surface area contributed by atoms with Crippen LogP contribution in [0.25, 0.3) is 0 Å². The van der Waals surface area contributed by atoms with Crippen LogP contribution in [0.3, 0.4) is 0 Å². The summed E-state index contributed by atoms with van der Waals surface area (Å²) in [7, 11) is 2.14. The zero-order chi connectivity index (χ0) is 26.4.